The second-order valence-electron chi connectivity index (χ2n) is 3.77. The lowest BCUT2D eigenvalue weighted by Crippen LogP contribution is -2.17. The maximum absolute atomic E-state index is 11.3. The predicted molar refractivity (Wildman–Crippen MR) is 54.4 cm³/mol. The summed E-state index contributed by atoms with van der Waals surface area (Å²) in [6.07, 6.45) is 10.3. The van der Waals surface area contributed by atoms with Gasteiger partial charge in [-0.05, 0) is 25.3 Å². The molecule has 2 aliphatic rings. The number of hydrogen-bond donors (Lipinski definition) is 0. The molecule has 0 fully saturated rings. The largest absolute Gasteiger partial charge is 0.427 e. The van der Waals surface area contributed by atoms with Crippen molar-refractivity contribution in [3.8, 4) is 0 Å². The molecule has 0 aromatic carbocycles. The van der Waals surface area contributed by atoms with Gasteiger partial charge in [0.25, 0.3) is 0 Å². The van der Waals surface area contributed by atoms with E-state index in [9.17, 15) is 4.79 Å². The van der Waals surface area contributed by atoms with Crippen LogP contribution in [-0.4, -0.2) is 5.97 Å². The third-order valence-corrected chi connectivity index (χ3v) is 2.67. The van der Waals surface area contributed by atoms with E-state index < -0.39 is 0 Å². The first-order valence-corrected chi connectivity index (χ1v) is 5.04. The predicted octanol–water partition coefficient (Wildman–Crippen LogP) is 2.73. The molecule has 0 spiro atoms. The van der Waals surface area contributed by atoms with E-state index in [0.29, 0.717) is 17.9 Å². The van der Waals surface area contributed by atoms with Crippen LogP contribution in [-0.2, 0) is 9.53 Å². The molecule has 0 bridgehead atoms. The Balaban J connectivity index is 2.11. The van der Waals surface area contributed by atoms with Gasteiger partial charge in [-0.1, -0.05) is 18.7 Å². The van der Waals surface area contributed by atoms with Crippen molar-refractivity contribution in [1.29, 1.82) is 0 Å². The molecule has 2 heteroatoms. The van der Waals surface area contributed by atoms with Crippen molar-refractivity contribution in [3.05, 3.63) is 36.1 Å². The van der Waals surface area contributed by atoms with Crippen LogP contribution < -0.4 is 0 Å². The third-order valence-electron chi connectivity index (χ3n) is 2.67. The Labute approximate surface area is 83.9 Å². The van der Waals surface area contributed by atoms with Gasteiger partial charge < -0.3 is 4.74 Å². The molecule has 1 unspecified atom stereocenters. The zero-order valence-electron chi connectivity index (χ0n) is 8.16. The SMILES string of the molecule is C=C1CC=C(C2C=CCCC2)OC1=O. The van der Waals surface area contributed by atoms with Gasteiger partial charge in [0.2, 0.25) is 0 Å². The Bertz CT molecular complexity index is 323. The van der Waals surface area contributed by atoms with Crippen molar-refractivity contribution in [3.63, 3.8) is 0 Å². The van der Waals surface area contributed by atoms with Crippen molar-refractivity contribution in [2.75, 3.05) is 0 Å². The second-order valence-corrected chi connectivity index (χ2v) is 3.77. The van der Waals surface area contributed by atoms with Crippen LogP contribution in [0.3, 0.4) is 0 Å². The minimum atomic E-state index is -0.263. The maximum Gasteiger partial charge on any atom is 0.338 e. The van der Waals surface area contributed by atoms with Gasteiger partial charge in [-0.15, -0.1) is 0 Å². The zero-order chi connectivity index (χ0) is 9.97. The summed E-state index contributed by atoms with van der Waals surface area (Å²) >= 11 is 0. The van der Waals surface area contributed by atoms with Crippen LogP contribution in [0.25, 0.3) is 0 Å². The van der Waals surface area contributed by atoms with Gasteiger partial charge in [-0.2, -0.15) is 0 Å². The van der Waals surface area contributed by atoms with E-state index in [4.69, 9.17) is 4.74 Å². The summed E-state index contributed by atoms with van der Waals surface area (Å²) in [5, 5.41) is 0. The fourth-order valence-electron chi connectivity index (χ4n) is 1.80. The third kappa shape index (κ3) is 1.79. The molecule has 0 saturated carbocycles. The normalized spacial score (nSPS) is 27.1. The first kappa shape index (κ1) is 9.25. The lowest BCUT2D eigenvalue weighted by atomic mass is 9.92. The molecule has 1 heterocycles. The van der Waals surface area contributed by atoms with Gasteiger partial charge in [-0.3, -0.25) is 0 Å². The van der Waals surface area contributed by atoms with Gasteiger partial charge in [0.05, 0.1) is 0 Å². The minimum Gasteiger partial charge on any atom is -0.427 e. The van der Waals surface area contributed by atoms with E-state index in [0.717, 1.165) is 18.6 Å². The number of rotatable bonds is 1. The number of ether oxygens (including phenoxy) is 1. The molecule has 1 aliphatic carbocycles. The number of hydrogen-bond acceptors (Lipinski definition) is 2. The molecular weight excluding hydrogens is 176 g/mol. The van der Waals surface area contributed by atoms with Crippen LogP contribution in [0.2, 0.25) is 0 Å². The fraction of sp³-hybridized carbons (Fsp3) is 0.417. The van der Waals surface area contributed by atoms with Gasteiger partial charge in [-0.25, -0.2) is 4.79 Å². The first-order valence-electron chi connectivity index (χ1n) is 5.04. The molecule has 2 rings (SSSR count). The summed E-state index contributed by atoms with van der Waals surface area (Å²) in [5.41, 5.74) is 0.550. The summed E-state index contributed by atoms with van der Waals surface area (Å²) in [6.45, 7) is 3.64. The van der Waals surface area contributed by atoms with Gasteiger partial charge in [0.15, 0.2) is 0 Å². The van der Waals surface area contributed by atoms with Crippen molar-refractivity contribution in [1.82, 2.24) is 0 Å². The molecule has 0 aromatic rings. The molecular formula is C12H14O2. The molecule has 0 amide bonds. The van der Waals surface area contributed by atoms with E-state index >= 15 is 0 Å². The molecule has 14 heavy (non-hydrogen) atoms. The molecule has 0 N–H and O–H groups in total. The highest BCUT2D eigenvalue weighted by Crippen LogP contribution is 2.29. The van der Waals surface area contributed by atoms with E-state index in [-0.39, 0.29) is 5.97 Å². The highest BCUT2D eigenvalue weighted by atomic mass is 16.5. The highest BCUT2D eigenvalue weighted by molar-refractivity contribution is 5.89. The lowest BCUT2D eigenvalue weighted by molar-refractivity contribution is -0.136. The summed E-state index contributed by atoms with van der Waals surface area (Å²) < 4.78 is 5.21. The molecule has 74 valence electrons. The van der Waals surface area contributed by atoms with Crippen LogP contribution >= 0.6 is 0 Å². The summed E-state index contributed by atoms with van der Waals surface area (Å²) in [4.78, 5) is 11.3. The minimum absolute atomic E-state index is 0.263. The van der Waals surface area contributed by atoms with Crippen LogP contribution in [0, 0.1) is 5.92 Å². The quantitative estimate of drug-likeness (QED) is 0.361. The second kappa shape index (κ2) is 3.82. The zero-order valence-corrected chi connectivity index (χ0v) is 8.16. The Morgan fingerprint density at radius 1 is 1.50 bits per heavy atom. The summed E-state index contributed by atoms with van der Waals surface area (Å²) in [5.74, 6) is 0.862. The number of esters is 1. The Morgan fingerprint density at radius 3 is 3.00 bits per heavy atom. The van der Waals surface area contributed by atoms with Gasteiger partial charge in [0.1, 0.15) is 5.76 Å². The Hall–Kier alpha value is -1.31. The summed E-state index contributed by atoms with van der Waals surface area (Å²) in [7, 11) is 0. The van der Waals surface area contributed by atoms with Gasteiger partial charge >= 0.3 is 5.97 Å². The van der Waals surface area contributed by atoms with E-state index in [1.165, 1.54) is 6.42 Å². The topological polar surface area (TPSA) is 26.3 Å². The molecule has 0 radical (unpaired) electrons. The number of carbonyl (C=O) groups is 1. The fourth-order valence-corrected chi connectivity index (χ4v) is 1.80. The molecule has 0 aromatic heterocycles. The van der Waals surface area contributed by atoms with E-state index in [1.54, 1.807) is 0 Å². The molecule has 2 nitrogen and oxygen atoms in total. The smallest absolute Gasteiger partial charge is 0.338 e. The van der Waals surface area contributed by atoms with Crippen LogP contribution in [0.15, 0.2) is 36.1 Å². The Morgan fingerprint density at radius 2 is 2.36 bits per heavy atom. The average molecular weight is 190 g/mol. The Kier molecular flexibility index (Phi) is 2.53. The average Bonchev–Trinajstić information content (AvgIpc) is 2.23. The van der Waals surface area contributed by atoms with E-state index in [1.807, 2.05) is 6.08 Å². The molecule has 1 aliphatic heterocycles. The number of carbonyl (C=O) groups excluding carboxylic acids is 1. The van der Waals surface area contributed by atoms with Gasteiger partial charge in [0, 0.05) is 17.9 Å². The number of allylic oxidation sites excluding steroid dienone is 3. The monoisotopic (exact) mass is 190 g/mol. The van der Waals surface area contributed by atoms with Crippen molar-refractivity contribution in [2.24, 2.45) is 5.92 Å². The van der Waals surface area contributed by atoms with Crippen LogP contribution in [0.5, 0.6) is 0 Å². The molecule has 0 saturated heterocycles. The van der Waals surface area contributed by atoms with Crippen LogP contribution in [0.1, 0.15) is 25.7 Å². The standard InChI is InChI=1S/C12H14O2/c1-9-7-8-11(14-12(9)13)10-5-3-2-4-6-10/h3,5,8,10H,1-2,4,6-7H2. The molecule has 1 atom stereocenters. The summed E-state index contributed by atoms with van der Waals surface area (Å²) in [6, 6.07) is 0. The maximum atomic E-state index is 11.3. The van der Waals surface area contributed by atoms with Crippen molar-refractivity contribution >= 4 is 5.97 Å². The highest BCUT2D eigenvalue weighted by Gasteiger charge is 2.22. The van der Waals surface area contributed by atoms with E-state index in [2.05, 4.69) is 18.7 Å². The van der Waals surface area contributed by atoms with Crippen molar-refractivity contribution in [2.45, 2.75) is 25.7 Å². The first-order chi connectivity index (χ1) is 6.77. The number of cyclic esters (lactones) is 1. The van der Waals surface area contributed by atoms with Crippen LogP contribution in [0.4, 0.5) is 0 Å². The lowest BCUT2D eigenvalue weighted by Gasteiger charge is -2.22. The van der Waals surface area contributed by atoms with Crippen molar-refractivity contribution < 1.29 is 9.53 Å².